The maximum atomic E-state index is 10.1. The molecule has 1 N–H and O–H groups in total. The van der Waals surface area contributed by atoms with Crippen molar-refractivity contribution < 1.29 is 5.11 Å². The SMILES string of the molecule is C/C=C\C(=C/CC)CC(CO)CN(Cc1ccccc1)[C@@H](C)c1ccccc1. The molecule has 0 saturated heterocycles. The molecule has 0 aromatic heterocycles. The molecule has 0 saturated carbocycles. The summed E-state index contributed by atoms with van der Waals surface area (Å²) in [5.41, 5.74) is 3.93. The van der Waals surface area contributed by atoms with E-state index in [0.29, 0.717) is 0 Å². The number of allylic oxidation sites excluding steroid dienone is 4. The molecule has 0 aliphatic heterocycles. The van der Waals surface area contributed by atoms with Gasteiger partial charge in [-0.05, 0) is 43.7 Å². The third-order valence-electron chi connectivity index (χ3n) is 5.18. The van der Waals surface area contributed by atoms with E-state index in [1.54, 1.807) is 0 Å². The lowest BCUT2D eigenvalue weighted by atomic mass is 9.96. The Bertz CT molecular complexity index is 721. The van der Waals surface area contributed by atoms with E-state index >= 15 is 0 Å². The third kappa shape index (κ3) is 7.10. The van der Waals surface area contributed by atoms with Gasteiger partial charge in [0.2, 0.25) is 0 Å². The number of hydrogen-bond donors (Lipinski definition) is 1. The maximum absolute atomic E-state index is 10.1. The van der Waals surface area contributed by atoms with Crippen LogP contribution in [0.1, 0.15) is 50.8 Å². The van der Waals surface area contributed by atoms with Crippen LogP contribution in [0.5, 0.6) is 0 Å². The van der Waals surface area contributed by atoms with E-state index in [1.165, 1.54) is 16.7 Å². The largest absolute Gasteiger partial charge is 0.396 e. The van der Waals surface area contributed by atoms with Gasteiger partial charge >= 0.3 is 0 Å². The first-order valence-electron chi connectivity index (χ1n) is 10.4. The molecule has 0 aliphatic rings. The van der Waals surface area contributed by atoms with Crippen LogP contribution in [0.4, 0.5) is 0 Å². The van der Waals surface area contributed by atoms with Crippen molar-refractivity contribution in [1.82, 2.24) is 4.90 Å². The van der Waals surface area contributed by atoms with E-state index in [-0.39, 0.29) is 18.6 Å². The van der Waals surface area contributed by atoms with Crippen molar-refractivity contribution in [1.29, 1.82) is 0 Å². The van der Waals surface area contributed by atoms with Crippen LogP contribution < -0.4 is 0 Å². The molecule has 0 spiro atoms. The van der Waals surface area contributed by atoms with E-state index in [9.17, 15) is 5.11 Å². The average molecular weight is 378 g/mol. The number of benzene rings is 2. The van der Waals surface area contributed by atoms with E-state index < -0.39 is 0 Å². The number of rotatable bonds is 11. The van der Waals surface area contributed by atoms with Crippen molar-refractivity contribution in [2.75, 3.05) is 13.2 Å². The van der Waals surface area contributed by atoms with Gasteiger partial charge in [-0.25, -0.2) is 0 Å². The van der Waals surface area contributed by atoms with E-state index in [4.69, 9.17) is 0 Å². The van der Waals surface area contributed by atoms with E-state index in [0.717, 1.165) is 25.9 Å². The topological polar surface area (TPSA) is 23.5 Å². The lowest BCUT2D eigenvalue weighted by molar-refractivity contribution is 0.128. The van der Waals surface area contributed by atoms with Gasteiger partial charge in [0, 0.05) is 25.7 Å². The smallest absolute Gasteiger partial charge is 0.0474 e. The summed E-state index contributed by atoms with van der Waals surface area (Å²) in [6, 6.07) is 21.6. The van der Waals surface area contributed by atoms with Crippen LogP contribution in [0, 0.1) is 5.92 Å². The number of nitrogens with zero attached hydrogens (tertiary/aromatic N) is 1. The molecule has 0 fully saturated rings. The van der Waals surface area contributed by atoms with Crippen LogP contribution in [-0.4, -0.2) is 23.2 Å². The standard InChI is InChI=1S/C26H35NO/c1-4-12-23(13-5-2)18-25(21-28)20-27(19-24-14-8-6-9-15-24)22(3)26-16-10-7-11-17-26/h4,6-17,22,25,28H,5,18-21H2,1-3H3/b12-4-,23-13+/t22-,25?/m0/s1. The van der Waals surface area contributed by atoms with Gasteiger partial charge < -0.3 is 5.11 Å². The van der Waals surface area contributed by atoms with Gasteiger partial charge in [-0.3, -0.25) is 4.90 Å². The van der Waals surface area contributed by atoms with Crippen molar-refractivity contribution >= 4 is 0 Å². The van der Waals surface area contributed by atoms with Gasteiger partial charge in [-0.2, -0.15) is 0 Å². The van der Waals surface area contributed by atoms with Gasteiger partial charge in [-0.1, -0.05) is 91.4 Å². The molecule has 150 valence electrons. The number of aliphatic hydroxyl groups excluding tert-OH is 1. The van der Waals surface area contributed by atoms with Gasteiger partial charge in [0.05, 0.1) is 0 Å². The highest BCUT2D eigenvalue weighted by Crippen LogP contribution is 2.25. The molecule has 28 heavy (non-hydrogen) atoms. The molecular weight excluding hydrogens is 342 g/mol. The normalized spacial score (nSPS) is 14.5. The minimum Gasteiger partial charge on any atom is -0.396 e. The monoisotopic (exact) mass is 377 g/mol. The Balaban J connectivity index is 2.20. The Kier molecular flexibility index (Phi) is 9.74. The second kappa shape index (κ2) is 12.3. The number of aliphatic hydroxyl groups is 1. The van der Waals surface area contributed by atoms with Gasteiger partial charge in [0.15, 0.2) is 0 Å². The van der Waals surface area contributed by atoms with Crippen molar-refractivity contribution in [3.8, 4) is 0 Å². The zero-order valence-corrected chi connectivity index (χ0v) is 17.6. The van der Waals surface area contributed by atoms with Crippen LogP contribution in [0.2, 0.25) is 0 Å². The number of hydrogen-bond acceptors (Lipinski definition) is 2. The summed E-state index contributed by atoms with van der Waals surface area (Å²) in [6.07, 6.45) is 8.46. The maximum Gasteiger partial charge on any atom is 0.0474 e. The minimum absolute atomic E-state index is 0.200. The molecule has 0 aliphatic carbocycles. The highest BCUT2D eigenvalue weighted by molar-refractivity contribution is 5.21. The Labute approximate surface area is 171 Å². The van der Waals surface area contributed by atoms with Gasteiger partial charge in [0.1, 0.15) is 0 Å². The lowest BCUT2D eigenvalue weighted by Crippen LogP contribution is -2.33. The first kappa shape index (κ1) is 22.1. The fourth-order valence-corrected chi connectivity index (χ4v) is 3.67. The highest BCUT2D eigenvalue weighted by atomic mass is 16.3. The minimum atomic E-state index is 0.200. The van der Waals surface area contributed by atoms with Crippen LogP contribution in [0.3, 0.4) is 0 Å². The second-order valence-corrected chi connectivity index (χ2v) is 7.44. The van der Waals surface area contributed by atoms with E-state index in [1.807, 2.05) is 0 Å². The summed E-state index contributed by atoms with van der Waals surface area (Å²) in [7, 11) is 0. The fourth-order valence-electron chi connectivity index (χ4n) is 3.67. The molecule has 0 heterocycles. The van der Waals surface area contributed by atoms with Crippen molar-refractivity contribution in [2.24, 2.45) is 5.92 Å². The van der Waals surface area contributed by atoms with Crippen LogP contribution in [-0.2, 0) is 6.54 Å². The van der Waals surface area contributed by atoms with Crippen molar-refractivity contribution in [3.63, 3.8) is 0 Å². The Hall–Kier alpha value is -2.16. The summed E-state index contributed by atoms with van der Waals surface area (Å²) in [6.45, 7) is 8.42. The first-order valence-corrected chi connectivity index (χ1v) is 10.4. The summed E-state index contributed by atoms with van der Waals surface area (Å²) in [5.74, 6) is 0.212. The van der Waals surface area contributed by atoms with Crippen LogP contribution in [0.25, 0.3) is 0 Å². The molecular formula is C26H35NO. The van der Waals surface area contributed by atoms with E-state index in [2.05, 4.69) is 105 Å². The fraction of sp³-hybridized carbons (Fsp3) is 0.385. The quantitative estimate of drug-likeness (QED) is 0.474. The van der Waals surface area contributed by atoms with Crippen LogP contribution in [0.15, 0.2) is 84.5 Å². The van der Waals surface area contributed by atoms with Gasteiger partial charge in [-0.15, -0.1) is 0 Å². The molecule has 2 aromatic rings. The highest BCUT2D eigenvalue weighted by Gasteiger charge is 2.21. The predicted octanol–water partition coefficient (Wildman–Crippen LogP) is 6.16. The molecule has 0 radical (unpaired) electrons. The summed E-state index contributed by atoms with van der Waals surface area (Å²) < 4.78 is 0. The third-order valence-corrected chi connectivity index (χ3v) is 5.18. The predicted molar refractivity (Wildman–Crippen MR) is 120 cm³/mol. The molecule has 0 bridgehead atoms. The lowest BCUT2D eigenvalue weighted by Gasteiger charge is -2.33. The van der Waals surface area contributed by atoms with Gasteiger partial charge in [0.25, 0.3) is 0 Å². The molecule has 2 aromatic carbocycles. The Morgan fingerprint density at radius 1 is 1.04 bits per heavy atom. The average Bonchev–Trinajstić information content (AvgIpc) is 2.73. The summed E-state index contributed by atoms with van der Waals surface area (Å²) >= 11 is 0. The summed E-state index contributed by atoms with van der Waals surface area (Å²) in [4.78, 5) is 2.49. The Morgan fingerprint density at radius 3 is 2.25 bits per heavy atom. The Morgan fingerprint density at radius 2 is 1.68 bits per heavy atom. The van der Waals surface area contributed by atoms with Crippen molar-refractivity contribution in [3.05, 3.63) is 95.6 Å². The molecule has 2 atom stereocenters. The zero-order chi connectivity index (χ0) is 20.2. The second-order valence-electron chi connectivity index (χ2n) is 7.44. The zero-order valence-electron chi connectivity index (χ0n) is 17.6. The van der Waals surface area contributed by atoms with Crippen LogP contribution >= 0.6 is 0 Å². The first-order chi connectivity index (χ1) is 13.7. The molecule has 0 amide bonds. The molecule has 2 rings (SSSR count). The molecule has 1 unspecified atom stereocenters. The van der Waals surface area contributed by atoms with Crippen molar-refractivity contribution in [2.45, 2.75) is 46.2 Å². The molecule has 2 heteroatoms. The molecule has 2 nitrogen and oxygen atoms in total. The summed E-state index contributed by atoms with van der Waals surface area (Å²) in [5, 5.41) is 10.1.